The zero-order valence-corrected chi connectivity index (χ0v) is 16.9. The van der Waals surface area contributed by atoms with E-state index in [0.717, 1.165) is 16.8 Å². The van der Waals surface area contributed by atoms with E-state index >= 15 is 0 Å². The number of carbonyl (C=O) groups excluding carboxylic acids is 1. The molecule has 4 aromatic rings. The number of fused-ring (bicyclic) bond motifs is 1. The fraction of sp³-hybridized carbons (Fsp3) is 0.105. The van der Waals surface area contributed by atoms with Crippen LogP contribution in [-0.2, 0) is 11.8 Å². The molecule has 0 atom stereocenters. The summed E-state index contributed by atoms with van der Waals surface area (Å²) in [5.41, 5.74) is 1.50. The highest BCUT2D eigenvalue weighted by molar-refractivity contribution is 7.99. The van der Waals surface area contributed by atoms with Crippen molar-refractivity contribution >= 4 is 50.5 Å². The largest absolute Gasteiger partial charge is 0.325 e. The van der Waals surface area contributed by atoms with Crippen LogP contribution in [0, 0.1) is 10.1 Å². The molecule has 0 aliphatic heterocycles. The Kier molecular flexibility index (Phi) is 5.28. The summed E-state index contributed by atoms with van der Waals surface area (Å²) in [7, 11) is 1.87. The maximum absolute atomic E-state index is 12.2. The summed E-state index contributed by atoms with van der Waals surface area (Å²) in [6.07, 6.45) is 0. The van der Waals surface area contributed by atoms with Crippen molar-refractivity contribution in [2.45, 2.75) is 5.16 Å². The van der Waals surface area contributed by atoms with Crippen LogP contribution in [-0.4, -0.2) is 31.3 Å². The van der Waals surface area contributed by atoms with Gasteiger partial charge in [0.25, 0.3) is 5.69 Å². The topological polar surface area (TPSA) is 103 Å². The van der Waals surface area contributed by atoms with Crippen LogP contribution >= 0.6 is 23.1 Å². The molecule has 0 aliphatic carbocycles. The Morgan fingerprint density at radius 1 is 1.21 bits per heavy atom. The van der Waals surface area contributed by atoms with Gasteiger partial charge >= 0.3 is 0 Å². The number of thioether (sulfide) groups is 1. The molecule has 29 heavy (non-hydrogen) atoms. The highest BCUT2D eigenvalue weighted by Gasteiger charge is 2.16. The van der Waals surface area contributed by atoms with Crippen LogP contribution in [0.4, 0.5) is 11.4 Å². The van der Waals surface area contributed by atoms with Crippen LogP contribution in [0.3, 0.4) is 0 Å². The maximum atomic E-state index is 12.2. The second-order valence-electron chi connectivity index (χ2n) is 6.15. The van der Waals surface area contributed by atoms with Crippen molar-refractivity contribution in [2.24, 2.45) is 7.05 Å². The van der Waals surface area contributed by atoms with Gasteiger partial charge < -0.3 is 9.88 Å². The number of hydrogen-bond acceptors (Lipinski definition) is 7. The molecular weight excluding hydrogens is 410 g/mol. The van der Waals surface area contributed by atoms with E-state index < -0.39 is 4.92 Å². The molecule has 0 saturated carbocycles. The summed E-state index contributed by atoms with van der Waals surface area (Å²) in [6, 6.07) is 13.8. The van der Waals surface area contributed by atoms with E-state index in [1.165, 1.54) is 40.7 Å². The lowest BCUT2D eigenvalue weighted by molar-refractivity contribution is -0.384. The molecule has 2 heterocycles. The summed E-state index contributed by atoms with van der Waals surface area (Å²) in [4.78, 5) is 22.4. The lowest BCUT2D eigenvalue weighted by Gasteiger charge is -2.05. The molecule has 1 N–H and O–H groups in total. The van der Waals surface area contributed by atoms with Gasteiger partial charge in [-0.1, -0.05) is 30.0 Å². The number of rotatable bonds is 6. The van der Waals surface area contributed by atoms with Gasteiger partial charge in [0.05, 0.1) is 10.7 Å². The van der Waals surface area contributed by atoms with Gasteiger partial charge in [-0.25, -0.2) is 0 Å². The van der Waals surface area contributed by atoms with Gasteiger partial charge in [0, 0.05) is 45.9 Å². The third-order valence-corrected chi connectivity index (χ3v) is 6.23. The Hall–Kier alpha value is -3.24. The second-order valence-corrected chi connectivity index (χ2v) is 8.01. The van der Waals surface area contributed by atoms with Crippen LogP contribution in [0.1, 0.15) is 0 Å². The first-order valence-electron chi connectivity index (χ1n) is 8.56. The number of hydrogen-bond donors (Lipinski definition) is 1. The fourth-order valence-corrected chi connectivity index (χ4v) is 4.47. The van der Waals surface area contributed by atoms with Crippen molar-refractivity contribution in [3.8, 4) is 11.4 Å². The number of aromatic nitrogens is 3. The predicted molar refractivity (Wildman–Crippen MR) is 114 cm³/mol. The van der Waals surface area contributed by atoms with Crippen molar-refractivity contribution in [3.05, 3.63) is 64.0 Å². The molecular formula is C19H15N5O3S2. The molecule has 2 aromatic carbocycles. The second kappa shape index (κ2) is 8.02. The van der Waals surface area contributed by atoms with Crippen molar-refractivity contribution < 1.29 is 9.72 Å². The number of nitro benzene ring substituents is 1. The number of nitrogens with one attached hydrogen (secondary N) is 1. The lowest BCUT2D eigenvalue weighted by Crippen LogP contribution is -2.14. The first kappa shape index (κ1) is 19.1. The van der Waals surface area contributed by atoms with E-state index in [1.807, 2.05) is 23.7 Å². The molecule has 1 amide bonds. The standard InChI is InChI=1S/C19H15N5O3S2/c1-23-18(15-10-28-16-5-3-2-4-14(15)16)21-22-19(23)29-11-17(25)20-12-6-8-13(9-7-12)24(26)27/h2-10H,11H2,1H3,(H,20,25). The van der Waals surface area contributed by atoms with E-state index in [9.17, 15) is 14.9 Å². The molecule has 4 rings (SSSR count). The van der Waals surface area contributed by atoms with Crippen LogP contribution in [0.5, 0.6) is 0 Å². The molecule has 0 saturated heterocycles. The smallest absolute Gasteiger partial charge is 0.269 e. The molecule has 10 heteroatoms. The zero-order chi connectivity index (χ0) is 20.4. The number of carbonyl (C=O) groups is 1. The number of anilines is 1. The summed E-state index contributed by atoms with van der Waals surface area (Å²) < 4.78 is 3.06. The molecule has 0 bridgehead atoms. The van der Waals surface area contributed by atoms with Gasteiger partial charge in [-0.05, 0) is 18.2 Å². The van der Waals surface area contributed by atoms with Gasteiger partial charge in [-0.15, -0.1) is 21.5 Å². The molecule has 0 aliphatic rings. The molecule has 0 spiro atoms. The Bertz CT molecular complexity index is 1200. The Labute approximate surface area is 173 Å². The summed E-state index contributed by atoms with van der Waals surface area (Å²) in [5, 5.41) is 25.7. The molecule has 2 aromatic heterocycles. The summed E-state index contributed by atoms with van der Waals surface area (Å²) in [5.74, 6) is 0.669. The van der Waals surface area contributed by atoms with E-state index in [4.69, 9.17) is 0 Å². The third-order valence-electron chi connectivity index (χ3n) is 4.25. The quantitative estimate of drug-likeness (QED) is 0.280. The van der Waals surface area contributed by atoms with Gasteiger partial charge in [-0.2, -0.15) is 0 Å². The van der Waals surface area contributed by atoms with Crippen LogP contribution in [0.25, 0.3) is 21.5 Å². The van der Waals surface area contributed by atoms with Gasteiger partial charge in [0.2, 0.25) is 5.91 Å². The van der Waals surface area contributed by atoms with Crippen molar-refractivity contribution in [2.75, 3.05) is 11.1 Å². The monoisotopic (exact) mass is 425 g/mol. The maximum Gasteiger partial charge on any atom is 0.269 e. The average molecular weight is 425 g/mol. The predicted octanol–water partition coefficient (Wildman–Crippen LogP) is 4.34. The number of amides is 1. The van der Waals surface area contributed by atoms with Crippen molar-refractivity contribution in [3.63, 3.8) is 0 Å². The van der Waals surface area contributed by atoms with E-state index in [2.05, 4.69) is 33.0 Å². The van der Waals surface area contributed by atoms with Gasteiger partial charge in [0.15, 0.2) is 11.0 Å². The van der Waals surface area contributed by atoms with Crippen LogP contribution in [0.2, 0.25) is 0 Å². The number of benzene rings is 2. The van der Waals surface area contributed by atoms with Gasteiger partial charge in [-0.3, -0.25) is 14.9 Å². The molecule has 0 fully saturated rings. The number of non-ortho nitro benzene ring substituents is 1. The Balaban J connectivity index is 1.43. The van der Waals surface area contributed by atoms with E-state index in [-0.39, 0.29) is 17.3 Å². The molecule has 146 valence electrons. The number of nitro groups is 1. The van der Waals surface area contributed by atoms with E-state index in [1.54, 1.807) is 11.3 Å². The normalized spacial score (nSPS) is 10.9. The first-order valence-corrected chi connectivity index (χ1v) is 10.4. The van der Waals surface area contributed by atoms with Crippen LogP contribution < -0.4 is 5.32 Å². The number of nitrogens with zero attached hydrogens (tertiary/aromatic N) is 4. The Morgan fingerprint density at radius 3 is 2.72 bits per heavy atom. The fourth-order valence-electron chi connectivity index (χ4n) is 2.82. The highest BCUT2D eigenvalue weighted by Crippen LogP contribution is 2.33. The minimum atomic E-state index is -0.482. The highest BCUT2D eigenvalue weighted by atomic mass is 32.2. The van der Waals surface area contributed by atoms with Crippen molar-refractivity contribution in [1.29, 1.82) is 0 Å². The summed E-state index contributed by atoms with van der Waals surface area (Å²) >= 11 is 2.93. The SMILES string of the molecule is Cn1c(SCC(=O)Nc2ccc([N+](=O)[O-])cc2)nnc1-c1csc2ccccc12. The molecule has 0 radical (unpaired) electrons. The minimum absolute atomic E-state index is 0.0232. The van der Waals surface area contributed by atoms with E-state index in [0.29, 0.717) is 10.8 Å². The van der Waals surface area contributed by atoms with Crippen molar-refractivity contribution in [1.82, 2.24) is 14.8 Å². The summed E-state index contributed by atoms with van der Waals surface area (Å²) in [6.45, 7) is 0. The van der Waals surface area contributed by atoms with Gasteiger partial charge in [0.1, 0.15) is 0 Å². The Morgan fingerprint density at radius 2 is 1.97 bits per heavy atom. The first-order chi connectivity index (χ1) is 14.0. The average Bonchev–Trinajstić information content (AvgIpc) is 3.30. The molecule has 8 nitrogen and oxygen atoms in total. The molecule has 0 unspecified atom stereocenters. The zero-order valence-electron chi connectivity index (χ0n) is 15.2. The third kappa shape index (κ3) is 3.98. The minimum Gasteiger partial charge on any atom is -0.325 e. The number of thiophene rings is 1. The van der Waals surface area contributed by atoms with Crippen LogP contribution in [0.15, 0.2) is 59.1 Å². The lowest BCUT2D eigenvalue weighted by atomic mass is 10.2.